The van der Waals surface area contributed by atoms with Crippen LogP contribution in [0.25, 0.3) is 0 Å². The molecule has 0 aliphatic carbocycles. The van der Waals surface area contributed by atoms with E-state index in [0.29, 0.717) is 24.7 Å². The van der Waals surface area contributed by atoms with Crippen molar-refractivity contribution >= 4 is 18.4 Å². The lowest BCUT2D eigenvalue weighted by molar-refractivity contribution is -0.139. The van der Waals surface area contributed by atoms with Gasteiger partial charge in [-0.2, -0.15) is 0 Å². The van der Waals surface area contributed by atoms with E-state index in [9.17, 15) is 4.79 Å². The summed E-state index contributed by atoms with van der Waals surface area (Å²) >= 11 is 0. The summed E-state index contributed by atoms with van der Waals surface area (Å²) in [5.41, 5.74) is 3.34. The van der Waals surface area contributed by atoms with Crippen molar-refractivity contribution in [1.29, 1.82) is 0 Å². The van der Waals surface area contributed by atoms with Crippen LogP contribution in [0.2, 0.25) is 0 Å². The number of benzene rings is 2. The molecule has 0 radical (unpaired) electrons. The van der Waals surface area contributed by atoms with Crippen molar-refractivity contribution in [3.05, 3.63) is 47.0 Å². The third kappa shape index (κ3) is 5.29. The van der Waals surface area contributed by atoms with Crippen LogP contribution in [0.15, 0.2) is 30.3 Å². The second kappa shape index (κ2) is 10.9. The van der Waals surface area contributed by atoms with Gasteiger partial charge in [0.15, 0.2) is 29.6 Å². The Bertz CT molecular complexity index is 873. The Morgan fingerprint density at radius 3 is 2.37 bits per heavy atom. The van der Waals surface area contributed by atoms with Crippen molar-refractivity contribution in [3.63, 3.8) is 0 Å². The summed E-state index contributed by atoms with van der Waals surface area (Å²) < 4.78 is 22.3. The monoisotopic (exact) mass is 437 g/mol. The van der Waals surface area contributed by atoms with Gasteiger partial charge in [-0.1, -0.05) is 6.07 Å². The van der Waals surface area contributed by atoms with Crippen LogP contribution >= 0.6 is 12.4 Å². The SMILES string of the molecule is CCOc1cc2c(cc1OCC)C(c1ccc(OCC(=O)O)c(OC)c1)NCC2.Cl. The summed E-state index contributed by atoms with van der Waals surface area (Å²) in [6.45, 7) is 5.45. The van der Waals surface area contributed by atoms with Crippen LogP contribution in [-0.4, -0.2) is 44.6 Å². The van der Waals surface area contributed by atoms with Crippen molar-refractivity contribution in [3.8, 4) is 23.0 Å². The van der Waals surface area contributed by atoms with Crippen molar-refractivity contribution in [2.45, 2.75) is 26.3 Å². The van der Waals surface area contributed by atoms with Gasteiger partial charge in [0.1, 0.15) is 0 Å². The first-order valence-electron chi connectivity index (χ1n) is 9.75. The highest BCUT2D eigenvalue weighted by molar-refractivity contribution is 5.85. The third-order valence-corrected chi connectivity index (χ3v) is 4.73. The van der Waals surface area contributed by atoms with E-state index in [0.717, 1.165) is 35.6 Å². The topological polar surface area (TPSA) is 86.3 Å². The van der Waals surface area contributed by atoms with E-state index in [1.165, 1.54) is 12.7 Å². The van der Waals surface area contributed by atoms with Gasteiger partial charge in [-0.05, 0) is 61.2 Å². The van der Waals surface area contributed by atoms with Gasteiger partial charge < -0.3 is 29.4 Å². The van der Waals surface area contributed by atoms with E-state index < -0.39 is 12.6 Å². The predicted molar refractivity (Wildman–Crippen MR) is 116 cm³/mol. The molecular weight excluding hydrogens is 410 g/mol. The molecule has 164 valence electrons. The number of ether oxygens (including phenoxy) is 4. The molecule has 0 fully saturated rings. The molecule has 0 aromatic heterocycles. The summed E-state index contributed by atoms with van der Waals surface area (Å²) in [6, 6.07) is 9.60. The maximum Gasteiger partial charge on any atom is 0.341 e. The maximum absolute atomic E-state index is 10.8. The molecule has 2 aromatic rings. The fourth-order valence-electron chi connectivity index (χ4n) is 3.52. The summed E-state index contributed by atoms with van der Waals surface area (Å²) in [4.78, 5) is 10.8. The molecule has 7 nitrogen and oxygen atoms in total. The molecule has 1 aliphatic rings. The summed E-state index contributed by atoms with van der Waals surface area (Å²) in [5.74, 6) is 1.36. The van der Waals surface area contributed by atoms with Crippen molar-refractivity contribution in [1.82, 2.24) is 5.32 Å². The first-order chi connectivity index (χ1) is 14.1. The lowest BCUT2D eigenvalue weighted by Gasteiger charge is -2.29. The second-order valence-corrected chi connectivity index (χ2v) is 6.59. The van der Waals surface area contributed by atoms with Gasteiger partial charge in [0.25, 0.3) is 0 Å². The van der Waals surface area contributed by atoms with Gasteiger partial charge in [0.05, 0.1) is 26.4 Å². The van der Waals surface area contributed by atoms with E-state index in [2.05, 4.69) is 11.4 Å². The van der Waals surface area contributed by atoms with Gasteiger partial charge in [0.2, 0.25) is 0 Å². The first kappa shape index (κ1) is 23.6. The number of methoxy groups -OCH3 is 1. The number of fused-ring (bicyclic) bond motifs is 1. The normalized spacial score (nSPS) is 14.8. The highest BCUT2D eigenvalue weighted by Gasteiger charge is 2.25. The third-order valence-electron chi connectivity index (χ3n) is 4.73. The molecule has 1 heterocycles. The van der Waals surface area contributed by atoms with E-state index in [4.69, 9.17) is 24.1 Å². The molecule has 0 spiro atoms. The molecule has 3 rings (SSSR count). The molecule has 0 saturated heterocycles. The zero-order valence-electron chi connectivity index (χ0n) is 17.4. The average molecular weight is 438 g/mol. The number of halogens is 1. The largest absolute Gasteiger partial charge is 0.493 e. The molecule has 0 amide bonds. The Hall–Kier alpha value is -2.64. The fourth-order valence-corrected chi connectivity index (χ4v) is 3.52. The molecule has 1 unspecified atom stereocenters. The number of carboxylic acids is 1. The Kier molecular flexibility index (Phi) is 8.62. The Balaban J connectivity index is 0.00000320. The van der Waals surface area contributed by atoms with Crippen LogP contribution in [0.4, 0.5) is 0 Å². The van der Waals surface area contributed by atoms with Crippen LogP contribution in [0.3, 0.4) is 0 Å². The smallest absolute Gasteiger partial charge is 0.341 e. The Morgan fingerprint density at radius 1 is 1.03 bits per heavy atom. The molecule has 0 saturated carbocycles. The zero-order chi connectivity index (χ0) is 20.8. The molecule has 8 heteroatoms. The van der Waals surface area contributed by atoms with E-state index in [1.54, 1.807) is 6.07 Å². The van der Waals surface area contributed by atoms with Gasteiger partial charge >= 0.3 is 5.97 Å². The minimum atomic E-state index is -1.03. The number of hydrogen-bond donors (Lipinski definition) is 2. The summed E-state index contributed by atoms with van der Waals surface area (Å²) in [6.07, 6.45) is 0.898. The van der Waals surface area contributed by atoms with Crippen molar-refractivity contribution in [2.24, 2.45) is 0 Å². The molecule has 1 aliphatic heterocycles. The van der Waals surface area contributed by atoms with Gasteiger partial charge in [-0.25, -0.2) is 4.79 Å². The zero-order valence-corrected chi connectivity index (χ0v) is 18.2. The fraction of sp³-hybridized carbons (Fsp3) is 0.409. The van der Waals surface area contributed by atoms with E-state index >= 15 is 0 Å². The Labute approximate surface area is 182 Å². The van der Waals surface area contributed by atoms with Crippen LogP contribution in [-0.2, 0) is 11.2 Å². The molecule has 2 aromatic carbocycles. The minimum Gasteiger partial charge on any atom is -0.493 e. The summed E-state index contributed by atoms with van der Waals surface area (Å²) in [5, 5.41) is 12.4. The van der Waals surface area contributed by atoms with Gasteiger partial charge in [-0.15, -0.1) is 12.4 Å². The van der Waals surface area contributed by atoms with Crippen LogP contribution in [0.1, 0.15) is 36.6 Å². The Morgan fingerprint density at radius 2 is 1.73 bits per heavy atom. The van der Waals surface area contributed by atoms with Gasteiger partial charge in [-0.3, -0.25) is 0 Å². The number of aliphatic carboxylic acids is 1. The highest BCUT2D eigenvalue weighted by atomic mass is 35.5. The number of hydrogen-bond acceptors (Lipinski definition) is 6. The standard InChI is InChI=1S/C22H27NO6.ClH/c1-4-27-19-10-14-8-9-23-22(16(14)12-20(19)28-5-2)15-6-7-17(18(11-15)26-3)29-13-21(24)25;/h6-7,10-12,22-23H,4-5,8-9,13H2,1-3H3,(H,24,25);1H. The molecule has 2 N–H and O–H groups in total. The van der Waals surface area contributed by atoms with Crippen LogP contribution in [0.5, 0.6) is 23.0 Å². The lowest BCUT2D eigenvalue weighted by Crippen LogP contribution is -2.30. The van der Waals surface area contributed by atoms with Gasteiger partial charge in [0, 0.05) is 6.54 Å². The van der Waals surface area contributed by atoms with Crippen molar-refractivity contribution < 1.29 is 28.8 Å². The number of nitrogens with one attached hydrogen (secondary N) is 1. The number of rotatable bonds is 9. The number of carboxylic acid groups (broad SMARTS) is 1. The van der Waals surface area contributed by atoms with E-state index in [1.807, 2.05) is 32.0 Å². The minimum absolute atomic E-state index is 0. The maximum atomic E-state index is 10.8. The average Bonchev–Trinajstić information content (AvgIpc) is 2.72. The second-order valence-electron chi connectivity index (χ2n) is 6.59. The molecule has 30 heavy (non-hydrogen) atoms. The first-order valence-corrected chi connectivity index (χ1v) is 9.75. The van der Waals surface area contributed by atoms with Crippen LogP contribution in [0, 0.1) is 0 Å². The summed E-state index contributed by atoms with van der Waals surface area (Å²) in [7, 11) is 1.54. The van der Waals surface area contributed by atoms with Crippen molar-refractivity contribution in [2.75, 3.05) is 33.5 Å². The van der Waals surface area contributed by atoms with Crippen LogP contribution < -0.4 is 24.3 Å². The quantitative estimate of drug-likeness (QED) is 0.619. The molecule has 1 atom stereocenters. The lowest BCUT2D eigenvalue weighted by atomic mass is 9.89. The number of carbonyl (C=O) groups is 1. The molecular formula is C22H28ClNO6. The molecule has 0 bridgehead atoms. The predicted octanol–water partition coefficient (Wildman–Crippen LogP) is 3.61. The highest BCUT2D eigenvalue weighted by Crippen LogP contribution is 2.39. The van der Waals surface area contributed by atoms with E-state index in [-0.39, 0.29) is 18.4 Å².